The lowest BCUT2D eigenvalue weighted by atomic mass is 9.96. The number of ether oxygens (including phenoxy) is 2. The van der Waals surface area contributed by atoms with Gasteiger partial charge >= 0.3 is 0 Å². The van der Waals surface area contributed by atoms with Gasteiger partial charge in [-0.25, -0.2) is 4.99 Å². The van der Waals surface area contributed by atoms with E-state index in [0.717, 1.165) is 28.0 Å². The quantitative estimate of drug-likeness (QED) is 0.481. The molecule has 1 unspecified atom stereocenters. The van der Waals surface area contributed by atoms with E-state index in [2.05, 4.69) is 42.2 Å². The lowest BCUT2D eigenvalue weighted by Gasteiger charge is -2.12. The van der Waals surface area contributed by atoms with Crippen molar-refractivity contribution in [1.29, 1.82) is 0 Å². The molecular formula is C23H20Cl2N2O2. The molecule has 6 heteroatoms. The largest absolute Gasteiger partial charge is 0.494 e. The Kier molecular flexibility index (Phi) is 5.74. The van der Waals surface area contributed by atoms with Crippen LogP contribution in [-0.2, 0) is 4.74 Å². The van der Waals surface area contributed by atoms with Gasteiger partial charge in [0.1, 0.15) is 18.4 Å². The highest BCUT2D eigenvalue weighted by atomic mass is 35.5. The van der Waals surface area contributed by atoms with Crippen LogP contribution in [0.4, 0.5) is 0 Å². The molecule has 3 aromatic rings. The summed E-state index contributed by atoms with van der Waals surface area (Å²) in [6.45, 7) is 5.18. The van der Waals surface area contributed by atoms with Crippen molar-refractivity contribution in [3.63, 3.8) is 0 Å². The molecule has 1 aliphatic heterocycles. The van der Waals surface area contributed by atoms with E-state index in [1.807, 2.05) is 19.1 Å². The monoisotopic (exact) mass is 426 g/mol. The molecule has 0 spiro atoms. The van der Waals surface area contributed by atoms with Gasteiger partial charge in [0.2, 0.25) is 5.90 Å². The van der Waals surface area contributed by atoms with Crippen LogP contribution >= 0.6 is 23.2 Å². The summed E-state index contributed by atoms with van der Waals surface area (Å²) in [5, 5.41) is 0.860. The summed E-state index contributed by atoms with van der Waals surface area (Å²) in [6, 6.07) is 14.4. The maximum Gasteiger partial charge on any atom is 0.220 e. The molecule has 148 valence electrons. The van der Waals surface area contributed by atoms with Gasteiger partial charge in [0.25, 0.3) is 0 Å². The van der Waals surface area contributed by atoms with Crippen LogP contribution in [-0.4, -0.2) is 24.1 Å². The normalized spacial score (nSPS) is 15.7. The number of aromatic nitrogens is 1. The Bertz CT molecular complexity index is 1040. The smallest absolute Gasteiger partial charge is 0.220 e. The Morgan fingerprint density at radius 2 is 1.72 bits per heavy atom. The molecule has 0 fully saturated rings. The average Bonchev–Trinajstić information content (AvgIpc) is 3.18. The molecule has 0 saturated heterocycles. The second-order valence-electron chi connectivity index (χ2n) is 6.77. The van der Waals surface area contributed by atoms with Gasteiger partial charge < -0.3 is 9.47 Å². The van der Waals surface area contributed by atoms with Crippen molar-refractivity contribution >= 4 is 29.1 Å². The number of pyridine rings is 1. The fraction of sp³-hybridized carbons (Fsp3) is 0.217. The van der Waals surface area contributed by atoms with Crippen molar-refractivity contribution in [3.05, 3.63) is 81.6 Å². The Balaban J connectivity index is 1.59. The minimum absolute atomic E-state index is 0.0975. The molecular weight excluding hydrogens is 407 g/mol. The third-order valence-electron chi connectivity index (χ3n) is 4.85. The van der Waals surface area contributed by atoms with E-state index < -0.39 is 0 Å². The fourth-order valence-electron chi connectivity index (χ4n) is 3.43. The minimum atomic E-state index is -0.0975. The van der Waals surface area contributed by atoms with Crippen LogP contribution in [0.25, 0.3) is 11.1 Å². The van der Waals surface area contributed by atoms with Crippen molar-refractivity contribution in [2.24, 2.45) is 4.99 Å². The van der Waals surface area contributed by atoms with Crippen LogP contribution in [0.1, 0.15) is 29.7 Å². The molecule has 0 N–H and O–H groups in total. The van der Waals surface area contributed by atoms with E-state index in [-0.39, 0.29) is 6.04 Å². The van der Waals surface area contributed by atoms with E-state index in [1.165, 1.54) is 0 Å². The third-order valence-corrected chi connectivity index (χ3v) is 5.42. The Labute approximate surface area is 180 Å². The van der Waals surface area contributed by atoms with Crippen molar-refractivity contribution in [3.8, 4) is 16.9 Å². The Morgan fingerprint density at radius 1 is 1.03 bits per heavy atom. The molecule has 0 radical (unpaired) electrons. The average molecular weight is 427 g/mol. The first-order valence-corrected chi connectivity index (χ1v) is 10.2. The number of hydrogen-bond acceptors (Lipinski definition) is 4. The molecule has 2 aromatic carbocycles. The summed E-state index contributed by atoms with van der Waals surface area (Å²) in [6.07, 6.45) is 3.08. The number of hydrogen-bond donors (Lipinski definition) is 0. The van der Waals surface area contributed by atoms with Crippen LogP contribution in [0, 0.1) is 6.92 Å². The maximum absolute atomic E-state index is 6.24. The van der Waals surface area contributed by atoms with Gasteiger partial charge in [0.15, 0.2) is 0 Å². The number of halogens is 2. The highest BCUT2D eigenvalue weighted by Gasteiger charge is 2.26. The molecule has 1 aromatic heterocycles. The molecule has 0 saturated carbocycles. The number of aliphatic imine (C=N–C) groups is 1. The van der Waals surface area contributed by atoms with Crippen molar-refractivity contribution in [2.45, 2.75) is 19.9 Å². The van der Waals surface area contributed by atoms with Gasteiger partial charge in [-0.1, -0.05) is 53.5 Å². The SMILES string of the molecule is CCOc1ccc(-c2ccc(C3COC(c4c(Cl)cncc4Cl)=N3)c(C)c2)cc1. The number of nitrogens with zero attached hydrogens (tertiary/aromatic N) is 2. The second-order valence-corrected chi connectivity index (χ2v) is 7.58. The third kappa shape index (κ3) is 4.09. The number of benzene rings is 2. The van der Waals surface area contributed by atoms with Gasteiger partial charge in [-0.15, -0.1) is 0 Å². The summed E-state index contributed by atoms with van der Waals surface area (Å²) in [7, 11) is 0. The molecule has 0 amide bonds. The molecule has 4 nitrogen and oxygen atoms in total. The minimum Gasteiger partial charge on any atom is -0.494 e. The standard InChI is InChI=1S/C23H20Cl2N2O2/c1-3-28-17-7-4-15(5-8-17)16-6-9-18(14(2)10-16)21-13-29-23(27-21)22-19(24)11-26-12-20(22)25/h4-12,21H,3,13H2,1-2H3. The van der Waals surface area contributed by atoms with Crippen molar-refractivity contribution < 1.29 is 9.47 Å². The Hall–Kier alpha value is -2.56. The molecule has 2 heterocycles. The van der Waals surface area contributed by atoms with Crippen LogP contribution in [0.5, 0.6) is 5.75 Å². The van der Waals surface area contributed by atoms with Crippen LogP contribution in [0.15, 0.2) is 59.9 Å². The second kappa shape index (κ2) is 8.44. The summed E-state index contributed by atoms with van der Waals surface area (Å²) < 4.78 is 11.3. The topological polar surface area (TPSA) is 43.7 Å². The molecule has 0 bridgehead atoms. The lowest BCUT2D eigenvalue weighted by molar-refractivity contribution is 0.319. The fourth-order valence-corrected chi connectivity index (χ4v) is 3.95. The van der Waals surface area contributed by atoms with Gasteiger partial charge in [-0.3, -0.25) is 4.98 Å². The van der Waals surface area contributed by atoms with Gasteiger partial charge in [0.05, 0.1) is 22.2 Å². The predicted molar refractivity (Wildman–Crippen MR) is 117 cm³/mol. The molecule has 0 aliphatic carbocycles. The first-order chi connectivity index (χ1) is 14.1. The molecule has 1 atom stereocenters. The zero-order valence-electron chi connectivity index (χ0n) is 16.2. The van der Waals surface area contributed by atoms with E-state index in [4.69, 9.17) is 37.7 Å². The zero-order valence-corrected chi connectivity index (χ0v) is 17.7. The number of rotatable bonds is 5. The van der Waals surface area contributed by atoms with E-state index in [9.17, 15) is 0 Å². The first kappa shape index (κ1) is 19.7. The highest BCUT2D eigenvalue weighted by molar-refractivity contribution is 6.39. The van der Waals surface area contributed by atoms with E-state index in [0.29, 0.717) is 34.7 Å². The van der Waals surface area contributed by atoms with E-state index in [1.54, 1.807) is 12.4 Å². The van der Waals surface area contributed by atoms with Gasteiger partial charge in [0, 0.05) is 12.4 Å². The van der Waals surface area contributed by atoms with Gasteiger partial charge in [-0.2, -0.15) is 0 Å². The lowest BCUT2D eigenvalue weighted by Crippen LogP contribution is -2.04. The van der Waals surface area contributed by atoms with Crippen LogP contribution in [0.3, 0.4) is 0 Å². The summed E-state index contributed by atoms with van der Waals surface area (Å²) in [5.41, 5.74) is 5.16. The van der Waals surface area contributed by atoms with Crippen LogP contribution in [0.2, 0.25) is 10.0 Å². The summed E-state index contributed by atoms with van der Waals surface area (Å²) in [5.74, 6) is 1.34. The predicted octanol–water partition coefficient (Wildman–Crippen LogP) is 6.28. The van der Waals surface area contributed by atoms with Gasteiger partial charge in [-0.05, 0) is 48.2 Å². The highest BCUT2D eigenvalue weighted by Crippen LogP contribution is 2.33. The molecule has 29 heavy (non-hydrogen) atoms. The first-order valence-electron chi connectivity index (χ1n) is 9.40. The molecule has 4 rings (SSSR count). The van der Waals surface area contributed by atoms with E-state index >= 15 is 0 Å². The van der Waals surface area contributed by atoms with Crippen LogP contribution < -0.4 is 4.74 Å². The van der Waals surface area contributed by atoms with Crippen molar-refractivity contribution in [2.75, 3.05) is 13.2 Å². The molecule has 1 aliphatic rings. The number of aryl methyl sites for hydroxylation is 1. The van der Waals surface area contributed by atoms with Crippen molar-refractivity contribution in [1.82, 2.24) is 4.98 Å². The zero-order chi connectivity index (χ0) is 20.4. The maximum atomic E-state index is 6.24. The Morgan fingerprint density at radius 3 is 2.38 bits per heavy atom. The summed E-state index contributed by atoms with van der Waals surface area (Å²) in [4.78, 5) is 8.71. The summed E-state index contributed by atoms with van der Waals surface area (Å²) >= 11 is 12.5.